The summed E-state index contributed by atoms with van der Waals surface area (Å²) in [5.74, 6) is 0.166. The van der Waals surface area contributed by atoms with Gasteiger partial charge in [-0.15, -0.1) is 0 Å². The third kappa shape index (κ3) is 6.53. The van der Waals surface area contributed by atoms with Crippen LogP contribution >= 0.6 is 0 Å². The van der Waals surface area contributed by atoms with Crippen LogP contribution in [0.1, 0.15) is 69.9 Å². The molecule has 2 N–H and O–H groups in total. The first-order valence-electron chi connectivity index (χ1n) is 7.59. The SMILES string of the molecule is CCCCCCCCCC(=O)[C@@H](N)c1ccccc1. The maximum Gasteiger partial charge on any atom is 0.154 e. The molecule has 0 aliphatic heterocycles. The lowest BCUT2D eigenvalue weighted by molar-refractivity contribution is -0.120. The van der Waals surface area contributed by atoms with Crippen LogP contribution in [0.15, 0.2) is 30.3 Å². The Morgan fingerprint density at radius 3 is 2.21 bits per heavy atom. The van der Waals surface area contributed by atoms with Crippen molar-refractivity contribution in [1.29, 1.82) is 0 Å². The van der Waals surface area contributed by atoms with Gasteiger partial charge in [-0.2, -0.15) is 0 Å². The van der Waals surface area contributed by atoms with Crippen molar-refractivity contribution >= 4 is 5.78 Å². The zero-order chi connectivity index (χ0) is 13.9. The third-order valence-corrected chi connectivity index (χ3v) is 3.53. The Morgan fingerprint density at radius 1 is 1.00 bits per heavy atom. The number of rotatable bonds is 10. The van der Waals surface area contributed by atoms with Gasteiger partial charge in [0.2, 0.25) is 0 Å². The molecule has 2 heteroatoms. The van der Waals surface area contributed by atoms with Gasteiger partial charge in [0.1, 0.15) is 0 Å². The Balaban J connectivity index is 2.14. The molecule has 106 valence electrons. The minimum atomic E-state index is -0.443. The number of hydrogen-bond donors (Lipinski definition) is 1. The molecule has 0 aliphatic carbocycles. The van der Waals surface area contributed by atoms with Gasteiger partial charge in [-0.3, -0.25) is 4.79 Å². The van der Waals surface area contributed by atoms with Crippen molar-refractivity contribution in [3.8, 4) is 0 Å². The molecule has 0 bridgehead atoms. The van der Waals surface area contributed by atoms with Gasteiger partial charge in [-0.25, -0.2) is 0 Å². The molecule has 1 rings (SSSR count). The van der Waals surface area contributed by atoms with Crippen molar-refractivity contribution < 1.29 is 4.79 Å². The number of benzene rings is 1. The average Bonchev–Trinajstić information content (AvgIpc) is 2.46. The van der Waals surface area contributed by atoms with Crippen molar-refractivity contribution in [2.75, 3.05) is 0 Å². The molecule has 1 aromatic rings. The Hall–Kier alpha value is -1.15. The van der Waals surface area contributed by atoms with E-state index in [1.165, 1.54) is 32.1 Å². The maximum absolute atomic E-state index is 12.0. The van der Waals surface area contributed by atoms with Crippen molar-refractivity contribution in [2.24, 2.45) is 5.73 Å². The van der Waals surface area contributed by atoms with E-state index in [0.29, 0.717) is 6.42 Å². The second-order valence-electron chi connectivity index (χ2n) is 5.23. The summed E-state index contributed by atoms with van der Waals surface area (Å²) in [4.78, 5) is 12.0. The summed E-state index contributed by atoms with van der Waals surface area (Å²) in [6, 6.07) is 9.20. The van der Waals surface area contributed by atoms with E-state index >= 15 is 0 Å². The van der Waals surface area contributed by atoms with E-state index in [1.807, 2.05) is 30.3 Å². The molecule has 0 saturated carbocycles. The molecule has 19 heavy (non-hydrogen) atoms. The van der Waals surface area contributed by atoms with Crippen LogP contribution in [0, 0.1) is 0 Å². The lowest BCUT2D eigenvalue weighted by atomic mass is 9.99. The molecule has 0 unspecified atom stereocenters. The van der Waals surface area contributed by atoms with Crippen molar-refractivity contribution in [2.45, 2.75) is 64.3 Å². The Kier molecular flexibility index (Phi) is 8.15. The summed E-state index contributed by atoms with van der Waals surface area (Å²) in [5, 5.41) is 0. The second kappa shape index (κ2) is 9.74. The topological polar surface area (TPSA) is 43.1 Å². The molecular formula is C17H27NO. The molecule has 2 nitrogen and oxygen atoms in total. The largest absolute Gasteiger partial charge is 0.318 e. The monoisotopic (exact) mass is 261 g/mol. The van der Waals surface area contributed by atoms with Crippen molar-refractivity contribution in [3.05, 3.63) is 35.9 Å². The van der Waals surface area contributed by atoms with Crippen LogP contribution in [0.3, 0.4) is 0 Å². The highest BCUT2D eigenvalue weighted by Gasteiger charge is 2.14. The van der Waals surface area contributed by atoms with E-state index in [4.69, 9.17) is 5.73 Å². The van der Waals surface area contributed by atoms with Gasteiger partial charge in [0, 0.05) is 6.42 Å². The lowest BCUT2D eigenvalue weighted by Crippen LogP contribution is -2.21. The Bertz CT molecular complexity index is 348. The standard InChI is InChI=1S/C17H27NO/c1-2-3-4-5-6-7-11-14-16(19)17(18)15-12-9-8-10-13-15/h8-10,12-13,17H,2-7,11,14,18H2,1H3/t17-/m0/s1. The van der Waals surface area contributed by atoms with Crippen LogP contribution in [0.25, 0.3) is 0 Å². The molecular weight excluding hydrogens is 234 g/mol. The van der Waals surface area contributed by atoms with Crippen LogP contribution in [-0.4, -0.2) is 5.78 Å². The van der Waals surface area contributed by atoms with E-state index < -0.39 is 6.04 Å². The highest BCUT2D eigenvalue weighted by molar-refractivity contribution is 5.84. The summed E-state index contributed by atoms with van der Waals surface area (Å²) in [6.07, 6.45) is 9.23. The molecule has 0 radical (unpaired) electrons. The number of carbonyl (C=O) groups excluding carboxylic acids is 1. The third-order valence-electron chi connectivity index (χ3n) is 3.53. The smallest absolute Gasteiger partial charge is 0.154 e. The van der Waals surface area contributed by atoms with Gasteiger partial charge in [0.25, 0.3) is 0 Å². The minimum Gasteiger partial charge on any atom is -0.318 e. The fourth-order valence-corrected chi connectivity index (χ4v) is 2.26. The van der Waals surface area contributed by atoms with Crippen LogP contribution in [0.4, 0.5) is 0 Å². The quantitative estimate of drug-likeness (QED) is 0.634. The molecule has 0 aliphatic rings. The van der Waals surface area contributed by atoms with E-state index in [-0.39, 0.29) is 5.78 Å². The summed E-state index contributed by atoms with van der Waals surface area (Å²) in [6.45, 7) is 2.23. The molecule has 0 amide bonds. The van der Waals surface area contributed by atoms with Gasteiger partial charge in [-0.1, -0.05) is 75.8 Å². The van der Waals surface area contributed by atoms with E-state index in [2.05, 4.69) is 6.92 Å². The number of carbonyl (C=O) groups is 1. The van der Waals surface area contributed by atoms with Gasteiger partial charge >= 0.3 is 0 Å². The Morgan fingerprint density at radius 2 is 1.58 bits per heavy atom. The first-order valence-corrected chi connectivity index (χ1v) is 7.59. The van der Waals surface area contributed by atoms with Gasteiger partial charge in [-0.05, 0) is 12.0 Å². The number of nitrogens with two attached hydrogens (primary N) is 1. The molecule has 0 spiro atoms. The average molecular weight is 261 g/mol. The predicted molar refractivity (Wildman–Crippen MR) is 81.0 cm³/mol. The highest BCUT2D eigenvalue weighted by atomic mass is 16.1. The first-order chi connectivity index (χ1) is 9.25. The summed E-state index contributed by atoms with van der Waals surface area (Å²) in [7, 11) is 0. The molecule has 0 heterocycles. The lowest BCUT2D eigenvalue weighted by Gasteiger charge is -2.10. The van der Waals surface area contributed by atoms with Crippen LogP contribution in [-0.2, 0) is 4.79 Å². The fraction of sp³-hybridized carbons (Fsp3) is 0.588. The molecule has 0 aromatic heterocycles. The van der Waals surface area contributed by atoms with E-state index in [0.717, 1.165) is 18.4 Å². The highest BCUT2D eigenvalue weighted by Crippen LogP contribution is 2.15. The molecule has 0 saturated heterocycles. The van der Waals surface area contributed by atoms with Gasteiger partial charge in [0.15, 0.2) is 5.78 Å². The maximum atomic E-state index is 12.0. The van der Waals surface area contributed by atoms with Crippen LogP contribution in [0.5, 0.6) is 0 Å². The zero-order valence-corrected chi connectivity index (χ0v) is 12.1. The van der Waals surface area contributed by atoms with Crippen LogP contribution in [0.2, 0.25) is 0 Å². The first kappa shape index (κ1) is 15.9. The Labute approximate surface area is 117 Å². The van der Waals surface area contributed by atoms with Gasteiger partial charge < -0.3 is 5.73 Å². The van der Waals surface area contributed by atoms with E-state index in [1.54, 1.807) is 0 Å². The minimum absolute atomic E-state index is 0.166. The number of Topliss-reactive ketones (excluding diaryl/α,β-unsaturated/α-hetero) is 1. The van der Waals surface area contributed by atoms with Crippen molar-refractivity contribution in [3.63, 3.8) is 0 Å². The number of unbranched alkanes of at least 4 members (excludes halogenated alkanes) is 6. The number of ketones is 1. The summed E-state index contributed by atoms with van der Waals surface area (Å²) >= 11 is 0. The molecule has 1 atom stereocenters. The van der Waals surface area contributed by atoms with Crippen molar-refractivity contribution in [1.82, 2.24) is 0 Å². The second-order valence-corrected chi connectivity index (χ2v) is 5.23. The van der Waals surface area contributed by atoms with Crippen LogP contribution < -0.4 is 5.73 Å². The normalized spacial score (nSPS) is 12.3. The summed E-state index contributed by atoms with van der Waals surface area (Å²) in [5.41, 5.74) is 6.90. The van der Waals surface area contributed by atoms with Gasteiger partial charge in [0.05, 0.1) is 6.04 Å². The van der Waals surface area contributed by atoms with E-state index in [9.17, 15) is 4.79 Å². The fourth-order valence-electron chi connectivity index (χ4n) is 2.26. The summed E-state index contributed by atoms with van der Waals surface area (Å²) < 4.78 is 0. The molecule has 0 fully saturated rings. The molecule has 1 aromatic carbocycles. The predicted octanol–water partition coefficient (Wildman–Crippen LogP) is 4.40. The number of hydrogen-bond acceptors (Lipinski definition) is 2. The zero-order valence-electron chi connectivity index (χ0n) is 12.1.